The number of hydrogen-bond acceptors (Lipinski definition) is 3. The second-order valence-electron chi connectivity index (χ2n) is 9.22. The highest BCUT2D eigenvalue weighted by molar-refractivity contribution is 7.92. The Bertz CT molecular complexity index is 941. The lowest BCUT2D eigenvalue weighted by Gasteiger charge is -2.33. The largest absolute Gasteiger partial charge is 0.300 e. The van der Waals surface area contributed by atoms with Crippen molar-refractivity contribution in [2.75, 3.05) is 13.1 Å². The minimum Gasteiger partial charge on any atom is -0.300 e. The van der Waals surface area contributed by atoms with Crippen LogP contribution >= 0.6 is 11.6 Å². The van der Waals surface area contributed by atoms with Crippen molar-refractivity contribution >= 4 is 21.4 Å². The zero-order valence-corrected chi connectivity index (χ0v) is 18.8. The van der Waals surface area contributed by atoms with Gasteiger partial charge in [0.05, 0.1) is 9.64 Å². The summed E-state index contributed by atoms with van der Waals surface area (Å²) in [6, 6.07) is 18.1. The molecule has 0 radical (unpaired) electrons. The SMILES string of the molecule is CC(C)(CCCN1CC2CC1CC2c1ccccc1)S(=O)(=O)c1ccc(Cl)cc1. The van der Waals surface area contributed by atoms with Gasteiger partial charge >= 0.3 is 0 Å². The smallest absolute Gasteiger partial charge is 0.183 e. The summed E-state index contributed by atoms with van der Waals surface area (Å²) in [6.07, 6.45) is 4.08. The zero-order valence-electron chi connectivity index (χ0n) is 17.2. The van der Waals surface area contributed by atoms with Gasteiger partial charge in [-0.1, -0.05) is 41.9 Å². The van der Waals surface area contributed by atoms with Gasteiger partial charge in [-0.25, -0.2) is 8.42 Å². The number of halogens is 1. The molecule has 2 aromatic rings. The van der Waals surface area contributed by atoms with Crippen molar-refractivity contribution in [3.8, 4) is 0 Å². The molecule has 29 heavy (non-hydrogen) atoms. The van der Waals surface area contributed by atoms with Crippen LogP contribution in [-0.2, 0) is 9.84 Å². The third kappa shape index (κ3) is 4.12. The molecule has 1 heterocycles. The Morgan fingerprint density at radius 2 is 1.72 bits per heavy atom. The average molecular weight is 432 g/mol. The fourth-order valence-corrected chi connectivity index (χ4v) is 6.87. The van der Waals surface area contributed by atoms with Crippen molar-refractivity contribution in [1.29, 1.82) is 0 Å². The maximum Gasteiger partial charge on any atom is 0.183 e. The van der Waals surface area contributed by atoms with Gasteiger partial charge in [-0.05, 0) is 87.7 Å². The molecule has 1 saturated carbocycles. The third-order valence-corrected chi connectivity index (χ3v) is 9.76. The fraction of sp³-hybridized carbons (Fsp3) is 0.500. The first-order chi connectivity index (χ1) is 13.8. The van der Waals surface area contributed by atoms with E-state index in [4.69, 9.17) is 11.6 Å². The van der Waals surface area contributed by atoms with Crippen molar-refractivity contribution in [3.63, 3.8) is 0 Å². The van der Waals surface area contributed by atoms with Gasteiger partial charge in [-0.15, -0.1) is 0 Å². The van der Waals surface area contributed by atoms with Gasteiger partial charge in [0.15, 0.2) is 9.84 Å². The van der Waals surface area contributed by atoms with Gasteiger partial charge in [0, 0.05) is 17.6 Å². The predicted octanol–water partition coefficient (Wildman–Crippen LogP) is 5.55. The van der Waals surface area contributed by atoms with E-state index in [-0.39, 0.29) is 0 Å². The Balaban J connectivity index is 1.32. The number of piperidine rings is 1. The van der Waals surface area contributed by atoms with Crippen LogP contribution in [0, 0.1) is 5.92 Å². The van der Waals surface area contributed by atoms with Gasteiger partial charge in [0.1, 0.15) is 0 Å². The molecule has 3 unspecified atom stereocenters. The number of fused-ring (bicyclic) bond motifs is 2. The molecule has 156 valence electrons. The molecule has 1 aliphatic carbocycles. The lowest BCUT2D eigenvalue weighted by Crippen LogP contribution is -2.37. The topological polar surface area (TPSA) is 37.4 Å². The normalized spacial score (nSPS) is 24.9. The molecule has 0 N–H and O–H groups in total. The van der Waals surface area contributed by atoms with Crippen LogP contribution in [0.1, 0.15) is 51.0 Å². The molecule has 0 amide bonds. The molecule has 1 aliphatic heterocycles. The molecule has 2 fully saturated rings. The van der Waals surface area contributed by atoms with Crippen molar-refractivity contribution in [1.82, 2.24) is 4.90 Å². The maximum absolute atomic E-state index is 13.1. The number of hydrogen-bond donors (Lipinski definition) is 0. The minimum atomic E-state index is -3.38. The summed E-state index contributed by atoms with van der Waals surface area (Å²) in [4.78, 5) is 2.95. The number of benzene rings is 2. The lowest BCUT2D eigenvalue weighted by molar-refractivity contribution is 0.194. The monoisotopic (exact) mass is 431 g/mol. The number of sulfone groups is 1. The quantitative estimate of drug-likeness (QED) is 0.576. The van der Waals surface area contributed by atoms with Crippen LogP contribution in [0.3, 0.4) is 0 Å². The molecular formula is C24H30ClNO2S. The van der Waals surface area contributed by atoms with Crippen molar-refractivity contribution < 1.29 is 8.42 Å². The second kappa shape index (κ2) is 8.05. The standard InChI is InChI=1S/C24H30ClNO2S/c1-24(2,29(27,28)22-11-9-20(25)10-12-22)13-6-14-26-17-19-15-21(26)16-23(19)18-7-4-3-5-8-18/h3-5,7-12,19,21,23H,6,13-17H2,1-2H3. The highest BCUT2D eigenvalue weighted by atomic mass is 35.5. The van der Waals surface area contributed by atoms with E-state index in [1.165, 1.54) is 18.4 Å². The van der Waals surface area contributed by atoms with Crippen LogP contribution in [-0.4, -0.2) is 37.2 Å². The van der Waals surface area contributed by atoms with Gasteiger partial charge in [0.2, 0.25) is 0 Å². The van der Waals surface area contributed by atoms with E-state index >= 15 is 0 Å². The van der Waals surface area contributed by atoms with E-state index in [0.29, 0.717) is 28.3 Å². The van der Waals surface area contributed by atoms with E-state index < -0.39 is 14.6 Å². The molecule has 3 nitrogen and oxygen atoms in total. The third-order valence-electron chi connectivity index (χ3n) is 6.96. The molecule has 1 saturated heterocycles. The molecule has 5 heteroatoms. The Kier molecular flexibility index (Phi) is 5.80. The average Bonchev–Trinajstić information content (AvgIpc) is 3.29. The molecule has 2 bridgehead atoms. The molecule has 2 aromatic carbocycles. The summed E-state index contributed by atoms with van der Waals surface area (Å²) in [7, 11) is -3.38. The van der Waals surface area contributed by atoms with E-state index in [0.717, 1.165) is 25.4 Å². The van der Waals surface area contributed by atoms with E-state index in [1.807, 2.05) is 13.8 Å². The van der Waals surface area contributed by atoms with Crippen LogP contribution in [0.5, 0.6) is 0 Å². The highest BCUT2D eigenvalue weighted by Gasteiger charge is 2.45. The van der Waals surface area contributed by atoms with Crippen molar-refractivity contribution in [2.45, 2.75) is 61.1 Å². The molecule has 2 aliphatic rings. The van der Waals surface area contributed by atoms with Crippen molar-refractivity contribution in [3.05, 3.63) is 65.2 Å². The summed E-state index contributed by atoms with van der Waals surface area (Å²) < 4.78 is 25.3. The van der Waals surface area contributed by atoms with Crippen LogP contribution in [0.25, 0.3) is 0 Å². The first-order valence-electron chi connectivity index (χ1n) is 10.6. The minimum absolute atomic E-state index is 0.359. The lowest BCUT2D eigenvalue weighted by atomic mass is 9.87. The van der Waals surface area contributed by atoms with Gasteiger partial charge in [0.25, 0.3) is 0 Å². The summed E-state index contributed by atoms with van der Waals surface area (Å²) >= 11 is 5.91. The summed E-state index contributed by atoms with van der Waals surface area (Å²) in [6.45, 7) is 5.83. The second-order valence-corrected chi connectivity index (χ2v) is 12.2. The Labute approximate surface area is 180 Å². The van der Waals surface area contributed by atoms with Crippen molar-refractivity contribution in [2.24, 2.45) is 5.92 Å². The zero-order chi connectivity index (χ0) is 20.6. The van der Waals surface area contributed by atoms with Crippen LogP contribution < -0.4 is 0 Å². The predicted molar refractivity (Wildman–Crippen MR) is 119 cm³/mol. The van der Waals surface area contributed by atoms with E-state index in [9.17, 15) is 8.42 Å². The van der Waals surface area contributed by atoms with Crippen LogP contribution in [0.4, 0.5) is 0 Å². The Morgan fingerprint density at radius 1 is 1.03 bits per heavy atom. The van der Waals surface area contributed by atoms with Crippen LogP contribution in [0.2, 0.25) is 5.02 Å². The Morgan fingerprint density at radius 3 is 2.34 bits per heavy atom. The van der Waals surface area contributed by atoms with Gasteiger partial charge in [-0.2, -0.15) is 0 Å². The number of likely N-dealkylation sites (tertiary alicyclic amines) is 1. The van der Waals surface area contributed by atoms with E-state index in [1.54, 1.807) is 24.3 Å². The first-order valence-corrected chi connectivity index (χ1v) is 12.4. The highest BCUT2D eigenvalue weighted by Crippen LogP contribution is 2.47. The van der Waals surface area contributed by atoms with Gasteiger partial charge in [-0.3, -0.25) is 0 Å². The maximum atomic E-state index is 13.1. The molecule has 4 rings (SSSR count). The number of nitrogens with zero attached hydrogens (tertiary/aromatic N) is 1. The molecular weight excluding hydrogens is 402 g/mol. The van der Waals surface area contributed by atoms with Crippen LogP contribution in [0.15, 0.2) is 59.5 Å². The summed E-state index contributed by atoms with van der Waals surface area (Å²) in [5, 5.41) is 0.555. The first kappa shape index (κ1) is 20.9. The number of rotatable bonds is 7. The van der Waals surface area contributed by atoms with E-state index in [2.05, 4.69) is 35.2 Å². The molecule has 3 atom stereocenters. The molecule has 0 aromatic heterocycles. The summed E-state index contributed by atoms with van der Waals surface area (Å²) in [5.74, 6) is 1.44. The Hall–Kier alpha value is -1.36. The fourth-order valence-electron chi connectivity index (χ4n) is 5.20. The molecule has 0 spiro atoms. The summed E-state index contributed by atoms with van der Waals surface area (Å²) in [5.41, 5.74) is 1.48. The van der Waals surface area contributed by atoms with Gasteiger partial charge < -0.3 is 4.90 Å².